The molecular weight excluding hydrogens is 123 g/mol. The van der Waals surface area contributed by atoms with Crippen molar-refractivity contribution in [2.45, 2.75) is 6.92 Å². The van der Waals surface area contributed by atoms with E-state index >= 15 is 0 Å². The Morgan fingerprint density at radius 2 is 2.25 bits per heavy atom. The minimum atomic E-state index is -0.829. The van der Waals surface area contributed by atoms with Gasteiger partial charge in [0.15, 0.2) is 0 Å². The molecule has 0 aromatic carbocycles. The lowest BCUT2D eigenvalue weighted by molar-refractivity contribution is -0.139. The molecule has 2 atom stereocenters. The van der Waals surface area contributed by atoms with Crippen LogP contribution < -0.4 is 0 Å². The molecule has 1 N–H and O–H groups in total. The Labute approximate surface area is 50.8 Å². The van der Waals surface area contributed by atoms with Gasteiger partial charge >= 0.3 is 5.97 Å². The van der Waals surface area contributed by atoms with Crippen LogP contribution in [0.1, 0.15) is 6.92 Å². The molecule has 0 amide bonds. The second-order valence-electron chi connectivity index (χ2n) is 1.63. The van der Waals surface area contributed by atoms with E-state index in [-0.39, 0.29) is 0 Å². The van der Waals surface area contributed by atoms with E-state index in [1.807, 2.05) is 0 Å². The fraction of sp³-hybridized carbons (Fsp3) is 0.400. The Hall–Kier alpha value is -0.360. The Kier molecular flexibility index (Phi) is 2.70. The maximum absolute atomic E-state index is 10.1. The highest BCUT2D eigenvalue weighted by molar-refractivity contribution is 7.22. The minimum absolute atomic E-state index is 0.444. The zero-order chi connectivity index (χ0) is 6.73. The molecule has 2 unspecified atom stereocenters. The quantitative estimate of drug-likeness (QED) is 0.571. The third-order valence-electron chi connectivity index (χ3n) is 0.927. The van der Waals surface area contributed by atoms with Crippen LogP contribution >= 0.6 is 9.24 Å². The van der Waals surface area contributed by atoms with Crippen molar-refractivity contribution in [3.05, 3.63) is 11.9 Å². The minimum Gasteiger partial charge on any atom is -0.481 e. The second-order valence-corrected chi connectivity index (χ2v) is 2.38. The molecule has 0 bridgehead atoms. The van der Waals surface area contributed by atoms with Gasteiger partial charge in [-0.2, -0.15) is 0 Å². The SMILES string of the molecule is C=C(P)C(C)C(=O)O. The van der Waals surface area contributed by atoms with Crippen LogP contribution in [0.5, 0.6) is 0 Å². The van der Waals surface area contributed by atoms with Gasteiger partial charge in [0.2, 0.25) is 0 Å². The summed E-state index contributed by atoms with van der Waals surface area (Å²) < 4.78 is 0. The van der Waals surface area contributed by atoms with Crippen molar-refractivity contribution in [3.8, 4) is 0 Å². The molecule has 0 heterocycles. The molecule has 0 aliphatic carbocycles. The molecule has 0 aliphatic rings. The fourth-order valence-corrected chi connectivity index (χ4v) is 0.301. The average molecular weight is 132 g/mol. The van der Waals surface area contributed by atoms with Gasteiger partial charge < -0.3 is 5.11 Å². The summed E-state index contributed by atoms with van der Waals surface area (Å²) >= 11 is 0. The Morgan fingerprint density at radius 1 is 1.88 bits per heavy atom. The second kappa shape index (κ2) is 2.83. The van der Waals surface area contributed by atoms with Crippen molar-refractivity contribution in [2.24, 2.45) is 5.92 Å². The molecule has 2 nitrogen and oxygen atoms in total. The highest BCUT2D eigenvalue weighted by Crippen LogP contribution is 2.14. The molecular formula is C5H9O2P. The largest absolute Gasteiger partial charge is 0.481 e. The number of carboxylic acids is 1. The van der Waals surface area contributed by atoms with Crippen LogP contribution in [0.25, 0.3) is 0 Å². The van der Waals surface area contributed by atoms with Crippen LogP contribution in [-0.4, -0.2) is 11.1 Å². The summed E-state index contributed by atoms with van der Waals surface area (Å²) in [5.74, 6) is -1.27. The lowest BCUT2D eigenvalue weighted by Gasteiger charge is -2.01. The summed E-state index contributed by atoms with van der Waals surface area (Å²) in [5, 5.41) is 8.89. The van der Waals surface area contributed by atoms with E-state index in [9.17, 15) is 4.79 Å². The Morgan fingerprint density at radius 3 is 2.25 bits per heavy atom. The van der Waals surface area contributed by atoms with Crippen LogP contribution in [-0.2, 0) is 4.79 Å². The van der Waals surface area contributed by atoms with E-state index in [0.717, 1.165) is 0 Å². The summed E-state index contributed by atoms with van der Waals surface area (Å²) in [6.07, 6.45) is 0. The number of hydrogen-bond donors (Lipinski definition) is 1. The molecule has 0 fully saturated rings. The fourth-order valence-electron chi connectivity index (χ4n) is 0.159. The predicted molar refractivity (Wildman–Crippen MR) is 35.6 cm³/mol. The van der Waals surface area contributed by atoms with Gasteiger partial charge in [-0.25, -0.2) is 0 Å². The highest BCUT2D eigenvalue weighted by atomic mass is 31.0. The third kappa shape index (κ3) is 2.08. The molecule has 0 radical (unpaired) electrons. The molecule has 46 valence electrons. The van der Waals surface area contributed by atoms with E-state index < -0.39 is 11.9 Å². The van der Waals surface area contributed by atoms with Crippen LogP contribution in [0.4, 0.5) is 0 Å². The van der Waals surface area contributed by atoms with Crippen LogP contribution in [0, 0.1) is 5.92 Å². The predicted octanol–water partition coefficient (Wildman–Crippen LogP) is 1.10. The zero-order valence-electron chi connectivity index (χ0n) is 4.72. The van der Waals surface area contributed by atoms with Gasteiger partial charge in [0, 0.05) is 0 Å². The van der Waals surface area contributed by atoms with Crippen molar-refractivity contribution in [1.29, 1.82) is 0 Å². The van der Waals surface area contributed by atoms with Gasteiger partial charge in [-0.1, -0.05) is 6.58 Å². The van der Waals surface area contributed by atoms with Gasteiger partial charge in [-0.15, -0.1) is 9.24 Å². The standard InChI is InChI=1S/C5H9O2P/c1-3(4(2)8)5(6)7/h3H,2,8H2,1H3,(H,6,7). The van der Waals surface area contributed by atoms with Crippen LogP contribution in [0.2, 0.25) is 0 Å². The van der Waals surface area contributed by atoms with E-state index in [4.69, 9.17) is 5.11 Å². The van der Waals surface area contributed by atoms with Gasteiger partial charge in [0.25, 0.3) is 0 Å². The number of rotatable bonds is 2. The first-order chi connectivity index (χ1) is 3.55. The molecule has 0 rings (SSSR count). The Balaban J connectivity index is 3.83. The lowest BCUT2D eigenvalue weighted by Crippen LogP contribution is -2.07. The van der Waals surface area contributed by atoms with Gasteiger partial charge in [0.1, 0.15) is 0 Å². The number of aliphatic carboxylic acids is 1. The molecule has 3 heteroatoms. The van der Waals surface area contributed by atoms with Crippen molar-refractivity contribution in [2.75, 3.05) is 0 Å². The molecule has 0 aromatic rings. The molecule has 8 heavy (non-hydrogen) atoms. The normalized spacial score (nSPS) is 12.8. The van der Waals surface area contributed by atoms with Crippen LogP contribution in [0.3, 0.4) is 0 Å². The monoisotopic (exact) mass is 132 g/mol. The van der Waals surface area contributed by atoms with Crippen molar-refractivity contribution < 1.29 is 9.90 Å². The Bertz CT molecular complexity index is 106. The average Bonchev–Trinajstić information content (AvgIpc) is 1.64. The molecule has 0 saturated carbocycles. The van der Waals surface area contributed by atoms with E-state index in [2.05, 4.69) is 15.8 Å². The molecule has 0 aromatic heterocycles. The van der Waals surface area contributed by atoms with Crippen molar-refractivity contribution >= 4 is 15.2 Å². The summed E-state index contributed by atoms with van der Waals surface area (Å²) in [5.41, 5.74) is 0. The van der Waals surface area contributed by atoms with E-state index in [0.29, 0.717) is 5.31 Å². The maximum atomic E-state index is 10.1. The van der Waals surface area contributed by atoms with Gasteiger partial charge in [-0.3, -0.25) is 4.79 Å². The van der Waals surface area contributed by atoms with Crippen LogP contribution in [0.15, 0.2) is 11.9 Å². The molecule has 0 saturated heterocycles. The molecule has 0 spiro atoms. The third-order valence-corrected chi connectivity index (χ3v) is 1.43. The topological polar surface area (TPSA) is 37.3 Å². The summed E-state index contributed by atoms with van der Waals surface area (Å²) in [6, 6.07) is 0. The summed E-state index contributed by atoms with van der Waals surface area (Å²) in [6.45, 7) is 5.05. The first kappa shape index (κ1) is 7.64. The molecule has 0 aliphatic heterocycles. The van der Waals surface area contributed by atoms with E-state index in [1.54, 1.807) is 6.92 Å². The summed E-state index contributed by atoms with van der Waals surface area (Å²) in [7, 11) is 2.27. The zero-order valence-corrected chi connectivity index (χ0v) is 5.87. The number of carbonyl (C=O) groups is 1. The van der Waals surface area contributed by atoms with Gasteiger partial charge in [0.05, 0.1) is 5.92 Å². The van der Waals surface area contributed by atoms with Crippen molar-refractivity contribution in [3.63, 3.8) is 0 Å². The smallest absolute Gasteiger partial charge is 0.310 e. The number of carboxylic acid groups (broad SMARTS) is 1. The summed E-state index contributed by atoms with van der Waals surface area (Å²) in [4.78, 5) is 10.1. The first-order valence-corrected chi connectivity index (χ1v) is 2.80. The number of hydrogen-bond acceptors (Lipinski definition) is 1. The highest BCUT2D eigenvalue weighted by Gasteiger charge is 2.09. The first-order valence-electron chi connectivity index (χ1n) is 2.22. The maximum Gasteiger partial charge on any atom is 0.310 e. The lowest BCUT2D eigenvalue weighted by atomic mass is 10.2. The van der Waals surface area contributed by atoms with Crippen molar-refractivity contribution in [1.82, 2.24) is 0 Å². The van der Waals surface area contributed by atoms with E-state index in [1.165, 1.54) is 0 Å². The van der Waals surface area contributed by atoms with Gasteiger partial charge in [-0.05, 0) is 12.2 Å².